The Morgan fingerprint density at radius 3 is 3.05 bits per heavy atom. The average molecular weight is 298 g/mol. The molecule has 0 spiro atoms. The van der Waals surface area contributed by atoms with Crippen LogP contribution in [0.25, 0.3) is 5.65 Å². The van der Waals surface area contributed by atoms with Gasteiger partial charge in [-0.05, 0) is 18.6 Å². The predicted molar refractivity (Wildman–Crippen MR) is 81.1 cm³/mol. The van der Waals surface area contributed by atoms with Crippen LogP contribution in [0.15, 0.2) is 30.9 Å². The number of aromatic nitrogens is 5. The van der Waals surface area contributed by atoms with Gasteiger partial charge in [0, 0.05) is 26.1 Å². The van der Waals surface area contributed by atoms with Gasteiger partial charge in [0.1, 0.15) is 17.8 Å². The second-order valence-electron chi connectivity index (χ2n) is 5.27. The van der Waals surface area contributed by atoms with Crippen LogP contribution in [-0.2, 0) is 24.8 Å². The Labute approximate surface area is 128 Å². The molecule has 3 aromatic rings. The maximum Gasteiger partial charge on any atom is 0.220 e. The van der Waals surface area contributed by atoms with Crippen LogP contribution in [0.5, 0.6) is 0 Å². The van der Waals surface area contributed by atoms with Crippen LogP contribution < -0.4 is 5.32 Å². The molecule has 0 atom stereocenters. The molecular formula is C15H18N6O. The Hall–Kier alpha value is -2.70. The summed E-state index contributed by atoms with van der Waals surface area (Å²) in [7, 11) is 1.87. The largest absolute Gasteiger partial charge is 0.350 e. The van der Waals surface area contributed by atoms with E-state index in [0.717, 1.165) is 22.7 Å². The Balaban J connectivity index is 1.58. The van der Waals surface area contributed by atoms with Crippen LogP contribution in [0.1, 0.15) is 23.5 Å². The van der Waals surface area contributed by atoms with E-state index in [9.17, 15) is 4.79 Å². The second-order valence-corrected chi connectivity index (χ2v) is 5.27. The van der Waals surface area contributed by atoms with Crippen LogP contribution in [0.2, 0.25) is 0 Å². The Morgan fingerprint density at radius 1 is 1.41 bits per heavy atom. The smallest absolute Gasteiger partial charge is 0.220 e. The molecule has 7 nitrogen and oxygen atoms in total. The zero-order valence-electron chi connectivity index (χ0n) is 12.7. The van der Waals surface area contributed by atoms with Crippen LogP contribution >= 0.6 is 0 Å². The Morgan fingerprint density at radius 2 is 2.27 bits per heavy atom. The topological polar surface area (TPSA) is 77.1 Å². The molecule has 0 aliphatic carbocycles. The van der Waals surface area contributed by atoms with E-state index in [1.165, 1.54) is 0 Å². The number of pyridine rings is 1. The summed E-state index contributed by atoms with van der Waals surface area (Å²) < 4.78 is 3.82. The van der Waals surface area contributed by atoms with Gasteiger partial charge in [0.15, 0.2) is 0 Å². The molecule has 3 heterocycles. The van der Waals surface area contributed by atoms with Gasteiger partial charge in [0.2, 0.25) is 5.91 Å². The summed E-state index contributed by atoms with van der Waals surface area (Å²) in [5, 5.41) is 10.7. The second kappa shape index (κ2) is 5.97. The number of carbonyl (C=O) groups excluding carboxylic acids is 1. The van der Waals surface area contributed by atoms with Crippen molar-refractivity contribution in [3.8, 4) is 0 Å². The highest BCUT2D eigenvalue weighted by molar-refractivity contribution is 5.76. The molecule has 0 radical (unpaired) electrons. The van der Waals surface area contributed by atoms with E-state index in [2.05, 4.69) is 20.5 Å². The fraction of sp³-hybridized carbons (Fsp3) is 0.333. The number of amides is 1. The van der Waals surface area contributed by atoms with Crippen LogP contribution in [-0.4, -0.2) is 30.1 Å². The van der Waals surface area contributed by atoms with Crippen LogP contribution in [0.3, 0.4) is 0 Å². The molecule has 22 heavy (non-hydrogen) atoms. The lowest BCUT2D eigenvalue weighted by molar-refractivity contribution is -0.121. The third-order valence-corrected chi connectivity index (χ3v) is 3.66. The lowest BCUT2D eigenvalue weighted by Crippen LogP contribution is -2.24. The molecule has 0 saturated heterocycles. The summed E-state index contributed by atoms with van der Waals surface area (Å²) in [4.78, 5) is 16.3. The van der Waals surface area contributed by atoms with Crippen molar-refractivity contribution in [3.05, 3.63) is 47.9 Å². The molecule has 0 bridgehead atoms. The minimum Gasteiger partial charge on any atom is -0.350 e. The van der Waals surface area contributed by atoms with E-state index in [1.54, 1.807) is 12.5 Å². The Bertz CT molecular complexity index is 803. The lowest BCUT2D eigenvalue weighted by Gasteiger charge is -2.06. The number of aryl methyl sites for hydroxylation is 3. The maximum absolute atomic E-state index is 11.9. The van der Waals surface area contributed by atoms with Gasteiger partial charge < -0.3 is 14.3 Å². The predicted octanol–water partition coefficient (Wildman–Crippen LogP) is 1.02. The average Bonchev–Trinajstić information content (AvgIpc) is 3.10. The molecular weight excluding hydrogens is 280 g/mol. The highest BCUT2D eigenvalue weighted by Crippen LogP contribution is 2.10. The molecule has 3 rings (SSSR count). The van der Waals surface area contributed by atoms with E-state index in [-0.39, 0.29) is 5.91 Å². The van der Waals surface area contributed by atoms with Crippen molar-refractivity contribution in [3.63, 3.8) is 0 Å². The lowest BCUT2D eigenvalue weighted by atomic mass is 10.2. The molecule has 0 saturated carbocycles. The van der Waals surface area contributed by atoms with E-state index in [4.69, 9.17) is 0 Å². The molecule has 1 N–H and O–H groups in total. The van der Waals surface area contributed by atoms with Gasteiger partial charge in [0.05, 0.1) is 18.4 Å². The van der Waals surface area contributed by atoms with Gasteiger partial charge in [0.25, 0.3) is 0 Å². The van der Waals surface area contributed by atoms with Crippen molar-refractivity contribution >= 4 is 11.6 Å². The molecule has 0 unspecified atom stereocenters. The van der Waals surface area contributed by atoms with Crippen molar-refractivity contribution in [2.24, 2.45) is 7.05 Å². The summed E-state index contributed by atoms with van der Waals surface area (Å²) in [6.45, 7) is 2.48. The first kappa shape index (κ1) is 14.2. The number of hydrogen-bond donors (Lipinski definition) is 1. The van der Waals surface area contributed by atoms with Gasteiger partial charge in [-0.15, -0.1) is 10.2 Å². The molecule has 114 valence electrons. The Kier molecular flexibility index (Phi) is 3.86. The molecule has 3 aromatic heterocycles. The molecule has 0 aromatic carbocycles. The first-order valence-electron chi connectivity index (χ1n) is 7.16. The van der Waals surface area contributed by atoms with E-state index >= 15 is 0 Å². The number of fused-ring (bicyclic) bond motifs is 1. The quantitative estimate of drug-likeness (QED) is 0.763. The van der Waals surface area contributed by atoms with Gasteiger partial charge in [-0.1, -0.05) is 6.07 Å². The van der Waals surface area contributed by atoms with Gasteiger partial charge in [-0.2, -0.15) is 0 Å². The third-order valence-electron chi connectivity index (χ3n) is 3.66. The highest BCUT2D eigenvalue weighted by Gasteiger charge is 2.08. The minimum absolute atomic E-state index is 0.00870. The van der Waals surface area contributed by atoms with Crippen molar-refractivity contribution in [1.29, 1.82) is 0 Å². The van der Waals surface area contributed by atoms with Crippen molar-refractivity contribution < 1.29 is 4.79 Å². The fourth-order valence-electron chi connectivity index (χ4n) is 2.37. The van der Waals surface area contributed by atoms with E-state index in [1.807, 2.05) is 41.3 Å². The van der Waals surface area contributed by atoms with E-state index in [0.29, 0.717) is 19.4 Å². The zero-order chi connectivity index (χ0) is 15.5. The normalized spacial score (nSPS) is 11.0. The SMILES string of the molecule is Cc1cccn2c(CNC(=O)CCc3nncn3C)cnc12. The molecule has 0 aliphatic rings. The van der Waals surface area contributed by atoms with Gasteiger partial charge in [-0.25, -0.2) is 4.98 Å². The summed E-state index contributed by atoms with van der Waals surface area (Å²) in [5.74, 6) is 0.797. The summed E-state index contributed by atoms with van der Waals surface area (Å²) in [5.41, 5.74) is 3.00. The molecule has 1 amide bonds. The number of imidazole rings is 1. The molecule has 7 heteroatoms. The summed E-state index contributed by atoms with van der Waals surface area (Å²) in [6.07, 6.45) is 6.35. The summed E-state index contributed by atoms with van der Waals surface area (Å²) >= 11 is 0. The number of nitrogens with one attached hydrogen (secondary N) is 1. The van der Waals surface area contributed by atoms with Crippen LogP contribution in [0.4, 0.5) is 0 Å². The van der Waals surface area contributed by atoms with Crippen molar-refractivity contribution in [2.45, 2.75) is 26.3 Å². The van der Waals surface area contributed by atoms with Gasteiger partial charge >= 0.3 is 0 Å². The first-order chi connectivity index (χ1) is 10.6. The van der Waals surface area contributed by atoms with Crippen LogP contribution in [0, 0.1) is 6.92 Å². The molecule has 0 fully saturated rings. The maximum atomic E-state index is 11.9. The van der Waals surface area contributed by atoms with Gasteiger partial charge in [-0.3, -0.25) is 4.79 Å². The number of hydrogen-bond acceptors (Lipinski definition) is 4. The summed E-state index contributed by atoms with van der Waals surface area (Å²) in [6, 6.07) is 4.00. The number of carbonyl (C=O) groups is 1. The van der Waals surface area contributed by atoms with Crippen molar-refractivity contribution in [2.75, 3.05) is 0 Å². The van der Waals surface area contributed by atoms with Crippen molar-refractivity contribution in [1.82, 2.24) is 29.5 Å². The number of rotatable bonds is 5. The standard InChI is InChI=1S/C15H18N6O/c1-11-4-3-7-21-12(9-17-15(11)21)8-16-14(22)6-5-13-19-18-10-20(13)2/h3-4,7,9-10H,5-6,8H2,1-2H3,(H,16,22). The molecule has 0 aliphatic heterocycles. The third kappa shape index (κ3) is 2.83. The monoisotopic (exact) mass is 298 g/mol. The minimum atomic E-state index is -0.00870. The first-order valence-corrected chi connectivity index (χ1v) is 7.16. The van der Waals surface area contributed by atoms with E-state index < -0.39 is 0 Å². The number of nitrogens with zero attached hydrogens (tertiary/aromatic N) is 5. The zero-order valence-corrected chi connectivity index (χ0v) is 12.7. The fourth-order valence-corrected chi connectivity index (χ4v) is 2.37. The highest BCUT2D eigenvalue weighted by atomic mass is 16.1.